The molecule has 0 spiro atoms. The van der Waals surface area contributed by atoms with E-state index in [-0.39, 0.29) is 28.8 Å². The third-order valence-corrected chi connectivity index (χ3v) is 3.89. The lowest BCUT2D eigenvalue weighted by Crippen LogP contribution is -2.47. The lowest BCUT2D eigenvalue weighted by atomic mass is 10.0. The summed E-state index contributed by atoms with van der Waals surface area (Å²) in [6, 6.07) is -0.00870. The fourth-order valence-electron chi connectivity index (χ4n) is 2.16. The van der Waals surface area contributed by atoms with Crippen molar-refractivity contribution in [1.29, 1.82) is 0 Å². The van der Waals surface area contributed by atoms with Crippen LogP contribution in [0.3, 0.4) is 0 Å². The molecule has 2 fully saturated rings. The smallest absolute Gasteiger partial charge is 0.289 e. The SMILES string of the molecule is CC(=O)N1CCC(N2C(=O)CSC2=O)CC1. The molecular weight excluding hydrogens is 228 g/mol. The molecule has 2 aliphatic heterocycles. The van der Waals surface area contributed by atoms with Gasteiger partial charge in [-0.25, -0.2) is 0 Å². The van der Waals surface area contributed by atoms with Crippen LogP contribution in [-0.2, 0) is 9.59 Å². The third-order valence-electron chi connectivity index (χ3n) is 3.06. The summed E-state index contributed by atoms with van der Waals surface area (Å²) in [5, 5.41) is -0.133. The van der Waals surface area contributed by atoms with Gasteiger partial charge >= 0.3 is 0 Å². The Kier molecular flexibility index (Phi) is 3.18. The van der Waals surface area contributed by atoms with Gasteiger partial charge in [-0.15, -0.1) is 0 Å². The van der Waals surface area contributed by atoms with Crippen LogP contribution in [0.4, 0.5) is 4.79 Å². The first-order valence-electron chi connectivity index (χ1n) is 5.34. The van der Waals surface area contributed by atoms with Gasteiger partial charge in [0.25, 0.3) is 5.24 Å². The Balaban J connectivity index is 1.96. The van der Waals surface area contributed by atoms with E-state index in [0.29, 0.717) is 25.9 Å². The average molecular weight is 242 g/mol. The van der Waals surface area contributed by atoms with Gasteiger partial charge in [0.15, 0.2) is 0 Å². The Morgan fingerprint density at radius 3 is 2.38 bits per heavy atom. The monoisotopic (exact) mass is 242 g/mol. The van der Waals surface area contributed by atoms with Crippen molar-refractivity contribution in [3.05, 3.63) is 0 Å². The van der Waals surface area contributed by atoms with Crippen LogP contribution in [0.25, 0.3) is 0 Å². The van der Waals surface area contributed by atoms with E-state index in [1.54, 1.807) is 11.8 Å². The number of thioether (sulfide) groups is 1. The molecule has 0 N–H and O–H groups in total. The van der Waals surface area contributed by atoms with Crippen LogP contribution in [0.15, 0.2) is 0 Å². The van der Waals surface area contributed by atoms with Gasteiger partial charge in [-0.3, -0.25) is 19.3 Å². The summed E-state index contributed by atoms with van der Waals surface area (Å²) < 4.78 is 0. The summed E-state index contributed by atoms with van der Waals surface area (Å²) in [6.07, 6.45) is 1.41. The van der Waals surface area contributed by atoms with Crippen molar-refractivity contribution in [2.24, 2.45) is 0 Å². The average Bonchev–Trinajstić information content (AvgIpc) is 2.59. The number of rotatable bonds is 1. The second kappa shape index (κ2) is 4.45. The van der Waals surface area contributed by atoms with E-state index >= 15 is 0 Å². The quantitative estimate of drug-likeness (QED) is 0.679. The molecule has 0 unspecified atom stereocenters. The summed E-state index contributed by atoms with van der Waals surface area (Å²) in [5.41, 5.74) is 0. The Bertz CT molecular complexity index is 321. The van der Waals surface area contributed by atoms with Crippen molar-refractivity contribution in [3.8, 4) is 0 Å². The second-order valence-corrected chi connectivity index (χ2v) is 4.98. The summed E-state index contributed by atoms with van der Waals surface area (Å²) in [4.78, 5) is 37.3. The normalized spacial score (nSPS) is 23.1. The number of carbonyl (C=O) groups is 3. The van der Waals surface area contributed by atoms with Gasteiger partial charge in [0, 0.05) is 26.1 Å². The minimum absolute atomic E-state index is 0.00870. The van der Waals surface area contributed by atoms with E-state index in [1.165, 1.54) is 4.90 Å². The van der Waals surface area contributed by atoms with Gasteiger partial charge in [0.2, 0.25) is 11.8 Å². The number of nitrogens with zero attached hydrogens (tertiary/aromatic N) is 2. The molecule has 0 aromatic heterocycles. The maximum absolute atomic E-state index is 11.5. The van der Waals surface area contributed by atoms with Crippen molar-refractivity contribution < 1.29 is 14.4 Å². The van der Waals surface area contributed by atoms with Crippen LogP contribution in [0.2, 0.25) is 0 Å². The number of hydrogen-bond acceptors (Lipinski definition) is 4. The molecule has 0 atom stereocenters. The number of amides is 3. The lowest BCUT2D eigenvalue weighted by molar-refractivity contribution is -0.131. The zero-order chi connectivity index (χ0) is 11.7. The molecule has 0 aromatic rings. The summed E-state index contributed by atoms with van der Waals surface area (Å²) in [7, 11) is 0. The van der Waals surface area contributed by atoms with Crippen molar-refractivity contribution >= 4 is 28.8 Å². The highest BCUT2D eigenvalue weighted by atomic mass is 32.2. The highest BCUT2D eigenvalue weighted by Crippen LogP contribution is 2.26. The maximum atomic E-state index is 11.5. The van der Waals surface area contributed by atoms with E-state index in [0.717, 1.165) is 11.8 Å². The first kappa shape index (κ1) is 11.4. The molecule has 2 heterocycles. The minimum Gasteiger partial charge on any atom is -0.343 e. The summed E-state index contributed by atoms with van der Waals surface area (Å²) >= 11 is 1.07. The molecule has 0 aromatic carbocycles. The van der Waals surface area contributed by atoms with Crippen LogP contribution in [-0.4, -0.2) is 51.7 Å². The van der Waals surface area contributed by atoms with E-state index < -0.39 is 0 Å². The summed E-state index contributed by atoms with van der Waals surface area (Å²) in [6.45, 7) is 2.83. The Hall–Kier alpha value is -1.04. The molecule has 0 aliphatic carbocycles. The Morgan fingerprint density at radius 2 is 1.94 bits per heavy atom. The molecule has 88 valence electrons. The fourth-order valence-corrected chi connectivity index (χ4v) is 2.93. The zero-order valence-electron chi connectivity index (χ0n) is 9.14. The molecule has 0 bridgehead atoms. The number of carbonyl (C=O) groups excluding carboxylic acids is 3. The maximum Gasteiger partial charge on any atom is 0.289 e. The van der Waals surface area contributed by atoms with Gasteiger partial charge < -0.3 is 4.90 Å². The minimum atomic E-state index is -0.133. The summed E-state index contributed by atoms with van der Waals surface area (Å²) in [5.74, 6) is 0.245. The zero-order valence-corrected chi connectivity index (χ0v) is 9.96. The van der Waals surface area contributed by atoms with Crippen molar-refractivity contribution in [2.75, 3.05) is 18.8 Å². The van der Waals surface area contributed by atoms with Crippen molar-refractivity contribution in [2.45, 2.75) is 25.8 Å². The van der Waals surface area contributed by atoms with Crippen LogP contribution < -0.4 is 0 Å². The fraction of sp³-hybridized carbons (Fsp3) is 0.700. The molecule has 16 heavy (non-hydrogen) atoms. The van der Waals surface area contributed by atoms with E-state index in [2.05, 4.69) is 0 Å². The van der Waals surface area contributed by atoms with Gasteiger partial charge in [-0.05, 0) is 12.8 Å². The lowest BCUT2D eigenvalue weighted by Gasteiger charge is -2.34. The molecule has 2 saturated heterocycles. The van der Waals surface area contributed by atoms with E-state index in [9.17, 15) is 14.4 Å². The predicted octanol–water partition coefficient (Wildman–Crippen LogP) is 0.693. The molecular formula is C10H14N2O3S. The molecule has 2 aliphatic rings. The van der Waals surface area contributed by atoms with Gasteiger partial charge in [0.1, 0.15) is 0 Å². The Morgan fingerprint density at radius 1 is 1.31 bits per heavy atom. The predicted molar refractivity (Wildman–Crippen MR) is 60.0 cm³/mol. The van der Waals surface area contributed by atoms with Gasteiger partial charge in [-0.2, -0.15) is 0 Å². The third kappa shape index (κ3) is 2.07. The number of imide groups is 1. The largest absolute Gasteiger partial charge is 0.343 e. The first-order valence-corrected chi connectivity index (χ1v) is 6.32. The molecule has 3 amide bonds. The Labute approximate surface area is 98.1 Å². The van der Waals surface area contributed by atoms with Crippen LogP contribution in [0, 0.1) is 0 Å². The second-order valence-electron chi connectivity index (χ2n) is 4.06. The topological polar surface area (TPSA) is 57.7 Å². The number of hydrogen-bond donors (Lipinski definition) is 0. The standard InChI is InChI=1S/C10H14N2O3S/c1-7(13)11-4-2-8(3-5-11)12-9(14)6-16-10(12)15/h8H,2-6H2,1H3. The van der Waals surface area contributed by atoms with Crippen LogP contribution >= 0.6 is 11.8 Å². The molecule has 0 saturated carbocycles. The number of likely N-dealkylation sites (tertiary alicyclic amines) is 1. The van der Waals surface area contributed by atoms with Gasteiger partial charge in [-0.1, -0.05) is 11.8 Å². The molecule has 5 nitrogen and oxygen atoms in total. The van der Waals surface area contributed by atoms with Crippen LogP contribution in [0.5, 0.6) is 0 Å². The molecule has 6 heteroatoms. The highest BCUT2D eigenvalue weighted by molar-refractivity contribution is 8.14. The van der Waals surface area contributed by atoms with E-state index in [4.69, 9.17) is 0 Å². The van der Waals surface area contributed by atoms with Gasteiger partial charge in [0.05, 0.1) is 5.75 Å². The van der Waals surface area contributed by atoms with Crippen molar-refractivity contribution in [1.82, 2.24) is 9.80 Å². The van der Waals surface area contributed by atoms with Crippen molar-refractivity contribution in [3.63, 3.8) is 0 Å². The first-order chi connectivity index (χ1) is 7.59. The number of piperidine rings is 1. The highest BCUT2D eigenvalue weighted by Gasteiger charge is 2.37. The molecule has 2 rings (SSSR count). The van der Waals surface area contributed by atoms with Crippen LogP contribution in [0.1, 0.15) is 19.8 Å². The molecule has 0 radical (unpaired) electrons. The van der Waals surface area contributed by atoms with E-state index in [1.807, 2.05) is 0 Å².